The fourth-order valence-corrected chi connectivity index (χ4v) is 2.52. The Kier molecular flexibility index (Phi) is 4.88. The van der Waals surface area contributed by atoms with E-state index in [0.717, 1.165) is 17.0 Å². The molecule has 2 heterocycles. The number of hydrogen-bond acceptors (Lipinski definition) is 2. The van der Waals surface area contributed by atoms with Crippen LogP contribution in [0.4, 0.5) is 0 Å². The van der Waals surface area contributed by atoms with E-state index in [0.29, 0.717) is 0 Å². The van der Waals surface area contributed by atoms with Gasteiger partial charge in [0.25, 0.3) is 0 Å². The molecule has 0 fully saturated rings. The monoisotopic (exact) mass is 309 g/mol. The zero-order valence-corrected chi connectivity index (χ0v) is 15.6. The molecular weight excluding hydrogens is 282 g/mol. The van der Waals surface area contributed by atoms with Crippen LogP contribution in [0, 0.1) is 48.5 Å². The predicted molar refractivity (Wildman–Crippen MR) is 98.1 cm³/mol. The number of imidazole rings is 1. The molecule has 0 aliphatic heterocycles. The van der Waals surface area contributed by atoms with Crippen LogP contribution in [-0.2, 0) is 7.05 Å². The van der Waals surface area contributed by atoms with Gasteiger partial charge in [-0.1, -0.05) is 0 Å². The van der Waals surface area contributed by atoms with E-state index in [-0.39, 0.29) is 0 Å². The third kappa shape index (κ3) is 3.44. The van der Waals surface area contributed by atoms with E-state index in [1.807, 2.05) is 20.0 Å². The normalized spacial score (nSPS) is 10.6. The number of rotatable bonds is 0. The highest BCUT2D eigenvalue weighted by molar-refractivity contribution is 5.77. The van der Waals surface area contributed by atoms with E-state index in [9.17, 15) is 0 Å². The highest BCUT2D eigenvalue weighted by Gasteiger charge is 2.05. The van der Waals surface area contributed by atoms with Gasteiger partial charge in [0.2, 0.25) is 0 Å². The highest BCUT2D eigenvalue weighted by Crippen LogP contribution is 2.19. The van der Waals surface area contributed by atoms with Crippen molar-refractivity contribution in [3.8, 4) is 0 Å². The Morgan fingerprint density at radius 2 is 1.39 bits per heavy atom. The van der Waals surface area contributed by atoms with E-state index in [1.54, 1.807) is 0 Å². The number of aromatic nitrogens is 3. The molecule has 0 aliphatic carbocycles. The minimum Gasteiger partial charge on any atom is -0.331 e. The van der Waals surface area contributed by atoms with Crippen LogP contribution in [0.25, 0.3) is 11.0 Å². The van der Waals surface area contributed by atoms with Crippen LogP contribution in [0.5, 0.6) is 0 Å². The van der Waals surface area contributed by atoms with E-state index in [2.05, 4.69) is 68.3 Å². The van der Waals surface area contributed by atoms with Gasteiger partial charge in [0.1, 0.15) is 5.82 Å². The summed E-state index contributed by atoms with van der Waals surface area (Å²) in [5.74, 6) is 1.07. The van der Waals surface area contributed by atoms with Crippen LogP contribution in [-0.4, -0.2) is 14.5 Å². The number of hydrogen-bond donors (Lipinski definition) is 0. The van der Waals surface area contributed by atoms with Crippen molar-refractivity contribution in [2.24, 2.45) is 7.05 Å². The third-order valence-corrected chi connectivity index (χ3v) is 4.87. The Bertz CT molecular complexity index is 830. The number of fused-ring (bicyclic) bond motifs is 1. The summed E-state index contributed by atoms with van der Waals surface area (Å²) >= 11 is 0. The van der Waals surface area contributed by atoms with Gasteiger partial charge in [0.05, 0.1) is 11.0 Å². The molecule has 3 nitrogen and oxygen atoms in total. The molecule has 3 heteroatoms. The summed E-state index contributed by atoms with van der Waals surface area (Å²) in [6.07, 6.45) is 1.93. The summed E-state index contributed by atoms with van der Waals surface area (Å²) in [5, 5.41) is 0. The minimum absolute atomic E-state index is 1.07. The van der Waals surface area contributed by atoms with E-state index < -0.39 is 0 Å². The van der Waals surface area contributed by atoms with Crippen molar-refractivity contribution in [2.45, 2.75) is 48.5 Å². The molecule has 3 rings (SSSR count). The second kappa shape index (κ2) is 6.53. The SMILES string of the molecule is Cc1cc2nc(C)n(C)c2cc1C.Cc1cnc(C)c(C)c1C. The fourth-order valence-electron chi connectivity index (χ4n) is 2.52. The van der Waals surface area contributed by atoms with Gasteiger partial charge in [0.15, 0.2) is 0 Å². The number of nitrogens with zero attached hydrogens (tertiary/aromatic N) is 3. The summed E-state index contributed by atoms with van der Waals surface area (Å²) in [5.41, 5.74) is 10.1. The molecule has 0 radical (unpaired) electrons. The second-order valence-corrected chi connectivity index (χ2v) is 6.42. The van der Waals surface area contributed by atoms with Crippen molar-refractivity contribution in [3.05, 3.63) is 57.7 Å². The lowest BCUT2D eigenvalue weighted by Gasteiger charge is -2.05. The quantitative estimate of drug-likeness (QED) is 0.596. The molecule has 0 aliphatic rings. The van der Waals surface area contributed by atoms with E-state index >= 15 is 0 Å². The molecule has 122 valence electrons. The number of aryl methyl sites for hydroxylation is 6. The summed E-state index contributed by atoms with van der Waals surface area (Å²) in [6.45, 7) is 14.7. The van der Waals surface area contributed by atoms with Gasteiger partial charge < -0.3 is 4.57 Å². The predicted octanol–water partition coefficient (Wildman–Crippen LogP) is 4.81. The Labute approximate surface area is 139 Å². The molecular formula is C20H27N3. The maximum Gasteiger partial charge on any atom is 0.106 e. The Balaban J connectivity index is 0.000000174. The molecule has 0 N–H and O–H groups in total. The van der Waals surface area contributed by atoms with Crippen LogP contribution >= 0.6 is 0 Å². The topological polar surface area (TPSA) is 30.7 Å². The molecule has 2 aromatic heterocycles. The van der Waals surface area contributed by atoms with E-state index in [1.165, 1.54) is 33.3 Å². The smallest absolute Gasteiger partial charge is 0.106 e. The number of benzene rings is 1. The average molecular weight is 309 g/mol. The Hall–Kier alpha value is -2.16. The highest BCUT2D eigenvalue weighted by atomic mass is 15.0. The maximum atomic E-state index is 4.48. The molecule has 0 unspecified atom stereocenters. The minimum atomic E-state index is 1.07. The standard InChI is InChI=1S/C11H14N2.C9H13N/c1-7-5-10-11(6-8(7)2)13(4)9(3)12-10;1-6-5-10-9(4)8(3)7(6)2/h5-6H,1-4H3;5H,1-4H3. The van der Waals surface area contributed by atoms with Crippen LogP contribution in [0.1, 0.15) is 39.3 Å². The Morgan fingerprint density at radius 3 is 2.00 bits per heavy atom. The molecule has 0 saturated heterocycles. The zero-order valence-electron chi connectivity index (χ0n) is 15.6. The lowest BCUT2D eigenvalue weighted by molar-refractivity contribution is 0.885. The summed E-state index contributed by atoms with van der Waals surface area (Å²) in [7, 11) is 2.06. The molecule has 0 atom stereocenters. The number of pyridine rings is 1. The van der Waals surface area contributed by atoms with Crippen molar-refractivity contribution in [1.82, 2.24) is 14.5 Å². The van der Waals surface area contributed by atoms with Crippen LogP contribution < -0.4 is 0 Å². The first-order valence-electron chi connectivity index (χ1n) is 8.02. The van der Waals surface area contributed by atoms with Gasteiger partial charge in [-0.3, -0.25) is 4.98 Å². The summed E-state index contributed by atoms with van der Waals surface area (Å²) in [4.78, 5) is 8.72. The molecule has 0 spiro atoms. The van der Waals surface area contributed by atoms with Crippen LogP contribution in [0.3, 0.4) is 0 Å². The lowest BCUT2D eigenvalue weighted by Crippen LogP contribution is -1.92. The van der Waals surface area contributed by atoms with E-state index in [4.69, 9.17) is 0 Å². The molecule has 23 heavy (non-hydrogen) atoms. The molecule has 3 aromatic rings. The first kappa shape index (κ1) is 17.2. The van der Waals surface area contributed by atoms with Crippen LogP contribution in [0.15, 0.2) is 18.3 Å². The van der Waals surface area contributed by atoms with Crippen molar-refractivity contribution in [3.63, 3.8) is 0 Å². The summed E-state index contributed by atoms with van der Waals surface area (Å²) in [6, 6.07) is 4.35. The van der Waals surface area contributed by atoms with Gasteiger partial charge >= 0.3 is 0 Å². The summed E-state index contributed by atoms with van der Waals surface area (Å²) < 4.78 is 2.13. The maximum absolute atomic E-state index is 4.48. The fraction of sp³-hybridized carbons (Fsp3) is 0.400. The van der Waals surface area contributed by atoms with Crippen LogP contribution in [0.2, 0.25) is 0 Å². The van der Waals surface area contributed by atoms with Crippen molar-refractivity contribution in [2.75, 3.05) is 0 Å². The lowest BCUT2D eigenvalue weighted by atomic mass is 10.1. The zero-order chi connectivity index (χ0) is 17.3. The Morgan fingerprint density at radius 1 is 0.783 bits per heavy atom. The molecule has 1 aromatic carbocycles. The van der Waals surface area contributed by atoms with Gasteiger partial charge in [-0.25, -0.2) is 4.98 Å². The molecule has 0 amide bonds. The second-order valence-electron chi connectivity index (χ2n) is 6.42. The van der Waals surface area contributed by atoms with Gasteiger partial charge in [-0.15, -0.1) is 0 Å². The molecule has 0 bridgehead atoms. The first-order valence-corrected chi connectivity index (χ1v) is 8.02. The molecule has 0 saturated carbocycles. The van der Waals surface area contributed by atoms with Gasteiger partial charge in [-0.2, -0.15) is 0 Å². The average Bonchev–Trinajstić information content (AvgIpc) is 2.77. The first-order chi connectivity index (χ1) is 10.7. The van der Waals surface area contributed by atoms with Gasteiger partial charge in [0, 0.05) is 18.9 Å². The third-order valence-electron chi connectivity index (χ3n) is 4.87. The van der Waals surface area contributed by atoms with Gasteiger partial charge in [-0.05, 0) is 88.4 Å². The van der Waals surface area contributed by atoms with Crippen molar-refractivity contribution < 1.29 is 0 Å². The largest absolute Gasteiger partial charge is 0.331 e. The van der Waals surface area contributed by atoms with Crippen molar-refractivity contribution >= 4 is 11.0 Å². The van der Waals surface area contributed by atoms with Crippen molar-refractivity contribution in [1.29, 1.82) is 0 Å².